The van der Waals surface area contributed by atoms with Gasteiger partial charge in [-0.3, -0.25) is 0 Å². The second-order valence-corrected chi connectivity index (χ2v) is 6.16. The van der Waals surface area contributed by atoms with Gasteiger partial charge in [0.1, 0.15) is 11.4 Å². The fourth-order valence-corrected chi connectivity index (χ4v) is 3.39. The minimum Gasteiger partial charge on any atom is -0.497 e. The lowest BCUT2D eigenvalue weighted by molar-refractivity contribution is 0.0691. The number of thiazole rings is 1. The van der Waals surface area contributed by atoms with Crippen LogP contribution in [-0.4, -0.2) is 33.0 Å². The predicted octanol–water partition coefficient (Wildman–Crippen LogP) is 3.86. The number of rotatable bonds is 4. The first-order valence-corrected chi connectivity index (χ1v) is 8.37. The summed E-state index contributed by atoms with van der Waals surface area (Å²) in [6.07, 6.45) is 0. The van der Waals surface area contributed by atoms with E-state index in [-0.39, 0.29) is 5.69 Å². The fourth-order valence-electron chi connectivity index (χ4n) is 2.63. The van der Waals surface area contributed by atoms with Gasteiger partial charge in [0.25, 0.3) is 0 Å². The van der Waals surface area contributed by atoms with E-state index in [9.17, 15) is 4.79 Å². The minimum absolute atomic E-state index is 0.0191. The molecule has 0 aliphatic carbocycles. The zero-order chi connectivity index (χ0) is 17.4. The Balaban J connectivity index is 1.89. The maximum absolute atomic E-state index is 11.1. The first kappa shape index (κ1) is 15.3. The highest BCUT2D eigenvalue weighted by Crippen LogP contribution is 2.31. The molecule has 0 saturated carbocycles. The van der Waals surface area contributed by atoms with Gasteiger partial charge in [0, 0.05) is 16.3 Å². The molecule has 0 aliphatic heterocycles. The number of para-hydroxylation sites is 1. The van der Waals surface area contributed by atoms with Crippen LogP contribution in [-0.2, 0) is 0 Å². The molecule has 0 spiro atoms. The summed E-state index contributed by atoms with van der Waals surface area (Å²) in [5.41, 5.74) is 2.65. The molecule has 0 fully saturated rings. The summed E-state index contributed by atoms with van der Waals surface area (Å²) in [6, 6.07) is 15.5. The van der Waals surface area contributed by atoms with Gasteiger partial charge in [0.15, 0.2) is 5.69 Å². The molecular weight excluding hydrogens is 338 g/mol. The van der Waals surface area contributed by atoms with Gasteiger partial charge in [-0.2, -0.15) is 5.10 Å². The standard InChI is InChI=1S/C18H13N3O3S/c1-24-12-8-6-11(7-9-12)16-13-4-2-3-5-15(13)21(20-16)18-19-14(10-25-18)17(22)23/h2-10H,1H3,(H,22,23). The second-order valence-electron chi connectivity index (χ2n) is 5.33. The number of hydrogen-bond acceptors (Lipinski definition) is 5. The zero-order valence-corrected chi connectivity index (χ0v) is 14.0. The third-order valence-electron chi connectivity index (χ3n) is 3.84. The molecule has 4 aromatic rings. The molecule has 2 heterocycles. The summed E-state index contributed by atoms with van der Waals surface area (Å²) in [6.45, 7) is 0. The molecular formula is C18H13N3O3S. The monoisotopic (exact) mass is 351 g/mol. The molecule has 2 aromatic carbocycles. The zero-order valence-electron chi connectivity index (χ0n) is 13.2. The van der Waals surface area contributed by atoms with Crippen LogP contribution in [0.15, 0.2) is 53.9 Å². The van der Waals surface area contributed by atoms with Crippen molar-refractivity contribution in [3.63, 3.8) is 0 Å². The van der Waals surface area contributed by atoms with Crippen LogP contribution in [0.5, 0.6) is 5.75 Å². The van der Waals surface area contributed by atoms with E-state index in [2.05, 4.69) is 10.1 Å². The summed E-state index contributed by atoms with van der Waals surface area (Å²) in [7, 11) is 1.63. The van der Waals surface area contributed by atoms with Crippen molar-refractivity contribution in [1.29, 1.82) is 0 Å². The van der Waals surface area contributed by atoms with Gasteiger partial charge in [-0.25, -0.2) is 14.5 Å². The van der Waals surface area contributed by atoms with Crippen molar-refractivity contribution in [3.8, 4) is 22.1 Å². The summed E-state index contributed by atoms with van der Waals surface area (Å²) in [5.74, 6) is -0.271. The van der Waals surface area contributed by atoms with Crippen molar-refractivity contribution in [2.45, 2.75) is 0 Å². The molecule has 124 valence electrons. The first-order valence-electron chi connectivity index (χ1n) is 7.49. The molecule has 0 aliphatic rings. The Morgan fingerprint density at radius 2 is 1.92 bits per heavy atom. The van der Waals surface area contributed by atoms with Crippen LogP contribution in [0.2, 0.25) is 0 Å². The largest absolute Gasteiger partial charge is 0.497 e. The van der Waals surface area contributed by atoms with Gasteiger partial charge >= 0.3 is 5.97 Å². The molecule has 0 radical (unpaired) electrons. The number of carboxylic acid groups (broad SMARTS) is 1. The van der Waals surface area contributed by atoms with Crippen molar-refractivity contribution in [2.75, 3.05) is 7.11 Å². The number of hydrogen-bond donors (Lipinski definition) is 1. The minimum atomic E-state index is -1.05. The predicted molar refractivity (Wildman–Crippen MR) is 95.7 cm³/mol. The molecule has 4 rings (SSSR count). The van der Waals surface area contributed by atoms with E-state index in [1.165, 1.54) is 16.7 Å². The Labute approximate surface area is 146 Å². The average molecular weight is 351 g/mol. The highest BCUT2D eigenvalue weighted by molar-refractivity contribution is 7.12. The van der Waals surface area contributed by atoms with Crippen LogP contribution in [0.3, 0.4) is 0 Å². The van der Waals surface area contributed by atoms with Gasteiger partial charge in [-0.15, -0.1) is 11.3 Å². The molecule has 1 N–H and O–H groups in total. The normalized spacial score (nSPS) is 10.9. The van der Waals surface area contributed by atoms with Crippen LogP contribution in [0.25, 0.3) is 27.3 Å². The van der Waals surface area contributed by atoms with Gasteiger partial charge in [0.05, 0.1) is 12.6 Å². The van der Waals surface area contributed by atoms with Crippen molar-refractivity contribution in [3.05, 3.63) is 59.6 Å². The van der Waals surface area contributed by atoms with Crippen LogP contribution in [0, 0.1) is 0 Å². The molecule has 2 aromatic heterocycles. The number of aromatic carboxylic acids is 1. The Kier molecular flexibility index (Phi) is 3.70. The van der Waals surface area contributed by atoms with Gasteiger partial charge in [0.2, 0.25) is 5.13 Å². The molecule has 0 atom stereocenters. The third kappa shape index (κ3) is 2.64. The number of methoxy groups -OCH3 is 1. The molecule has 25 heavy (non-hydrogen) atoms. The van der Waals surface area contributed by atoms with E-state index in [4.69, 9.17) is 9.84 Å². The van der Waals surface area contributed by atoms with E-state index in [0.29, 0.717) is 5.13 Å². The van der Waals surface area contributed by atoms with Crippen molar-refractivity contribution >= 4 is 28.2 Å². The molecule has 7 heteroatoms. The van der Waals surface area contributed by atoms with Gasteiger partial charge in [-0.05, 0) is 30.3 Å². The van der Waals surface area contributed by atoms with E-state index in [1.807, 2.05) is 48.5 Å². The number of nitrogens with zero attached hydrogens (tertiary/aromatic N) is 3. The van der Waals surface area contributed by atoms with Crippen molar-refractivity contribution < 1.29 is 14.6 Å². The van der Waals surface area contributed by atoms with Crippen LogP contribution < -0.4 is 4.74 Å². The smallest absolute Gasteiger partial charge is 0.355 e. The number of benzene rings is 2. The van der Waals surface area contributed by atoms with Crippen LogP contribution in [0.1, 0.15) is 10.5 Å². The van der Waals surface area contributed by atoms with Crippen LogP contribution >= 0.6 is 11.3 Å². The Hall–Kier alpha value is -3.19. The number of aromatic nitrogens is 3. The average Bonchev–Trinajstić information content (AvgIpc) is 3.27. The fraction of sp³-hybridized carbons (Fsp3) is 0.0556. The summed E-state index contributed by atoms with van der Waals surface area (Å²) < 4.78 is 6.89. The summed E-state index contributed by atoms with van der Waals surface area (Å²) in [5, 5.41) is 16.8. The quantitative estimate of drug-likeness (QED) is 0.604. The van der Waals surface area contributed by atoms with Crippen molar-refractivity contribution in [1.82, 2.24) is 14.8 Å². The lowest BCUT2D eigenvalue weighted by atomic mass is 10.1. The number of ether oxygens (including phenoxy) is 1. The molecule has 0 amide bonds. The Morgan fingerprint density at radius 1 is 1.16 bits per heavy atom. The van der Waals surface area contributed by atoms with Crippen LogP contribution in [0.4, 0.5) is 0 Å². The van der Waals surface area contributed by atoms with E-state index >= 15 is 0 Å². The lowest BCUT2D eigenvalue weighted by Crippen LogP contribution is -2.00. The Morgan fingerprint density at radius 3 is 2.60 bits per heavy atom. The van der Waals surface area contributed by atoms with E-state index in [1.54, 1.807) is 11.8 Å². The third-order valence-corrected chi connectivity index (χ3v) is 4.66. The molecule has 0 bridgehead atoms. The highest BCUT2D eigenvalue weighted by atomic mass is 32.1. The topological polar surface area (TPSA) is 77.2 Å². The number of carbonyl (C=O) groups is 1. The number of fused-ring (bicyclic) bond motifs is 1. The summed E-state index contributed by atoms with van der Waals surface area (Å²) in [4.78, 5) is 15.3. The maximum atomic E-state index is 11.1. The summed E-state index contributed by atoms with van der Waals surface area (Å²) >= 11 is 1.25. The van der Waals surface area contributed by atoms with E-state index < -0.39 is 5.97 Å². The maximum Gasteiger partial charge on any atom is 0.355 e. The first-order chi connectivity index (χ1) is 12.2. The molecule has 0 saturated heterocycles. The highest BCUT2D eigenvalue weighted by Gasteiger charge is 2.17. The van der Waals surface area contributed by atoms with Gasteiger partial charge in [-0.1, -0.05) is 18.2 Å². The SMILES string of the molecule is COc1ccc(-c2nn(-c3nc(C(=O)O)cs3)c3ccccc23)cc1. The molecule has 0 unspecified atom stereocenters. The number of carboxylic acids is 1. The van der Waals surface area contributed by atoms with Crippen molar-refractivity contribution in [2.24, 2.45) is 0 Å². The van der Waals surface area contributed by atoms with Gasteiger partial charge < -0.3 is 9.84 Å². The second kappa shape index (κ2) is 6.03. The van der Waals surface area contributed by atoms with E-state index in [0.717, 1.165) is 27.9 Å². The Bertz CT molecular complexity index is 1070. The molecule has 6 nitrogen and oxygen atoms in total. The lowest BCUT2D eigenvalue weighted by Gasteiger charge is -2.01.